The summed E-state index contributed by atoms with van der Waals surface area (Å²) < 4.78 is 0. The average molecular weight is 699 g/mol. The Balaban J connectivity index is 1.73. The van der Waals surface area contributed by atoms with Gasteiger partial charge in [0.25, 0.3) is 0 Å². The molecular formula is C48H58O4. The van der Waals surface area contributed by atoms with E-state index in [2.05, 4.69) is 132 Å². The Morgan fingerprint density at radius 3 is 0.635 bits per heavy atom. The first kappa shape index (κ1) is 38.5. The summed E-state index contributed by atoms with van der Waals surface area (Å²) in [5.74, 6) is 0.779. The minimum absolute atomic E-state index is 0.168. The van der Waals surface area contributed by atoms with Crippen LogP contribution in [0.3, 0.4) is 0 Å². The standard InChI is InChI=1S/C48H58O4/c1-45(2,3)35-25-31(17-21-39(35)49)43(32-18-22-40(50)36(26-32)46(4,5)6)29-13-15-30(16-14-29)44(33-19-23-41(51)37(27-33)47(7,8)9)34-20-24-42(52)38(28-34)48(10,11)12/h13-28,43-44,49-52H,1-12H3. The lowest BCUT2D eigenvalue weighted by Crippen LogP contribution is -2.15. The van der Waals surface area contributed by atoms with E-state index in [1.807, 2.05) is 24.3 Å². The highest BCUT2D eigenvalue weighted by atomic mass is 16.3. The van der Waals surface area contributed by atoms with E-state index >= 15 is 0 Å². The molecule has 0 saturated carbocycles. The monoisotopic (exact) mass is 698 g/mol. The van der Waals surface area contributed by atoms with Gasteiger partial charge < -0.3 is 20.4 Å². The van der Waals surface area contributed by atoms with Crippen LogP contribution in [-0.2, 0) is 21.7 Å². The predicted molar refractivity (Wildman–Crippen MR) is 216 cm³/mol. The molecule has 0 spiro atoms. The van der Waals surface area contributed by atoms with E-state index in [-0.39, 0.29) is 56.5 Å². The van der Waals surface area contributed by atoms with Crippen molar-refractivity contribution in [3.8, 4) is 23.0 Å². The molecule has 0 bridgehead atoms. The van der Waals surface area contributed by atoms with Gasteiger partial charge in [-0.15, -0.1) is 0 Å². The van der Waals surface area contributed by atoms with Gasteiger partial charge in [-0.05, 0) is 102 Å². The maximum absolute atomic E-state index is 10.9. The van der Waals surface area contributed by atoms with Crippen molar-refractivity contribution < 1.29 is 20.4 Å². The number of hydrogen-bond acceptors (Lipinski definition) is 4. The van der Waals surface area contributed by atoms with Crippen LogP contribution in [0, 0.1) is 0 Å². The highest BCUT2D eigenvalue weighted by Gasteiger charge is 2.28. The van der Waals surface area contributed by atoms with Crippen molar-refractivity contribution in [1.29, 1.82) is 0 Å². The third-order valence-electron chi connectivity index (χ3n) is 10.3. The molecule has 0 fully saturated rings. The summed E-state index contributed by atoms with van der Waals surface area (Å²) in [6.45, 7) is 25.3. The molecule has 0 saturated heterocycles. The highest BCUT2D eigenvalue weighted by Crippen LogP contribution is 2.44. The number of benzene rings is 5. The molecule has 52 heavy (non-hydrogen) atoms. The summed E-state index contributed by atoms with van der Waals surface area (Å²) in [6.07, 6.45) is 0. The van der Waals surface area contributed by atoms with E-state index in [4.69, 9.17) is 0 Å². The van der Waals surface area contributed by atoms with Gasteiger partial charge in [0.2, 0.25) is 0 Å². The first-order valence-corrected chi connectivity index (χ1v) is 18.4. The molecule has 4 N–H and O–H groups in total. The van der Waals surface area contributed by atoms with Crippen molar-refractivity contribution in [2.45, 2.75) is 117 Å². The molecule has 4 heteroatoms. The fourth-order valence-electron chi connectivity index (χ4n) is 7.37. The third kappa shape index (κ3) is 8.02. The maximum atomic E-state index is 10.9. The molecule has 0 radical (unpaired) electrons. The van der Waals surface area contributed by atoms with E-state index in [0.717, 1.165) is 55.6 Å². The normalized spacial score (nSPS) is 12.9. The molecule has 5 aromatic carbocycles. The van der Waals surface area contributed by atoms with Crippen molar-refractivity contribution in [2.24, 2.45) is 0 Å². The van der Waals surface area contributed by atoms with Gasteiger partial charge >= 0.3 is 0 Å². The van der Waals surface area contributed by atoms with Crippen molar-refractivity contribution >= 4 is 0 Å². The van der Waals surface area contributed by atoms with Crippen molar-refractivity contribution in [1.82, 2.24) is 0 Å². The fraction of sp³-hybridized carbons (Fsp3) is 0.375. The van der Waals surface area contributed by atoms with Crippen molar-refractivity contribution in [2.75, 3.05) is 0 Å². The molecule has 0 unspecified atom stereocenters. The zero-order valence-corrected chi connectivity index (χ0v) is 33.2. The van der Waals surface area contributed by atoms with Crippen LogP contribution in [0.15, 0.2) is 97.1 Å². The lowest BCUT2D eigenvalue weighted by atomic mass is 9.76. The van der Waals surface area contributed by atoms with E-state index < -0.39 is 0 Å². The van der Waals surface area contributed by atoms with Gasteiger partial charge in [0.05, 0.1) is 0 Å². The lowest BCUT2D eigenvalue weighted by molar-refractivity contribution is 0.444. The number of rotatable bonds is 6. The Labute approximate surface area is 311 Å². The maximum Gasteiger partial charge on any atom is 0.119 e. The molecule has 0 atom stereocenters. The SMILES string of the molecule is CC(C)(C)c1cc(C(c2ccc(C(c3ccc(O)c(C(C)(C)C)c3)c3ccc(O)c(C(C)(C)C)c3)cc2)c2ccc(O)c(C(C)(C)C)c2)ccc1O. The first-order chi connectivity index (χ1) is 24.0. The summed E-state index contributed by atoms with van der Waals surface area (Å²) in [5, 5.41) is 43.6. The van der Waals surface area contributed by atoms with Crippen LogP contribution < -0.4 is 0 Å². The summed E-state index contributed by atoms with van der Waals surface area (Å²) in [5.41, 5.74) is 8.85. The minimum Gasteiger partial charge on any atom is -0.508 e. The summed E-state index contributed by atoms with van der Waals surface area (Å²) in [6, 6.07) is 32.5. The van der Waals surface area contributed by atoms with Gasteiger partial charge in [0.15, 0.2) is 0 Å². The molecule has 0 aliphatic heterocycles. The van der Waals surface area contributed by atoms with E-state index in [9.17, 15) is 20.4 Å². The largest absolute Gasteiger partial charge is 0.508 e. The number of phenols is 4. The van der Waals surface area contributed by atoms with Gasteiger partial charge in [-0.1, -0.05) is 156 Å². The van der Waals surface area contributed by atoms with Crippen LogP contribution in [-0.4, -0.2) is 20.4 Å². The summed E-state index contributed by atoms with van der Waals surface area (Å²) >= 11 is 0. The Morgan fingerprint density at radius 2 is 0.462 bits per heavy atom. The highest BCUT2D eigenvalue weighted by molar-refractivity contribution is 5.55. The van der Waals surface area contributed by atoms with Gasteiger partial charge in [-0.25, -0.2) is 0 Å². The van der Waals surface area contributed by atoms with Gasteiger partial charge in [-0.2, -0.15) is 0 Å². The van der Waals surface area contributed by atoms with Gasteiger partial charge in [0.1, 0.15) is 23.0 Å². The quantitative estimate of drug-likeness (QED) is 0.133. The minimum atomic E-state index is -0.265. The Kier molecular flexibility index (Phi) is 10.1. The molecule has 5 rings (SSSR count). The molecule has 0 amide bonds. The van der Waals surface area contributed by atoms with Crippen molar-refractivity contribution in [3.05, 3.63) is 153 Å². The zero-order chi connectivity index (χ0) is 38.6. The first-order valence-electron chi connectivity index (χ1n) is 18.4. The van der Waals surface area contributed by atoms with Crippen LogP contribution in [0.25, 0.3) is 0 Å². The number of hydrogen-bond donors (Lipinski definition) is 4. The molecule has 274 valence electrons. The second-order valence-electron chi connectivity index (χ2n) is 18.6. The summed E-state index contributed by atoms with van der Waals surface area (Å²) in [7, 11) is 0. The van der Waals surface area contributed by atoms with E-state index in [1.165, 1.54) is 0 Å². The fourth-order valence-corrected chi connectivity index (χ4v) is 7.37. The molecule has 0 aromatic heterocycles. The molecule has 0 aliphatic carbocycles. The Morgan fingerprint density at radius 1 is 0.288 bits per heavy atom. The lowest BCUT2D eigenvalue weighted by Gasteiger charge is -2.28. The second-order valence-corrected chi connectivity index (χ2v) is 18.6. The zero-order valence-electron chi connectivity index (χ0n) is 33.2. The second kappa shape index (κ2) is 13.7. The third-order valence-corrected chi connectivity index (χ3v) is 10.3. The smallest absolute Gasteiger partial charge is 0.119 e. The predicted octanol–water partition coefficient (Wildman–Crippen LogP) is 12.1. The van der Waals surface area contributed by atoms with Crippen LogP contribution in [0.2, 0.25) is 0 Å². The molecular weight excluding hydrogens is 641 g/mol. The van der Waals surface area contributed by atoms with Gasteiger partial charge in [0, 0.05) is 11.8 Å². The molecule has 0 heterocycles. The van der Waals surface area contributed by atoms with Crippen LogP contribution in [0.5, 0.6) is 23.0 Å². The number of phenolic OH excluding ortho intramolecular Hbond substituents is 4. The van der Waals surface area contributed by atoms with Crippen LogP contribution in [0.4, 0.5) is 0 Å². The van der Waals surface area contributed by atoms with Crippen LogP contribution >= 0.6 is 0 Å². The van der Waals surface area contributed by atoms with Crippen molar-refractivity contribution in [3.63, 3.8) is 0 Å². The summed E-state index contributed by atoms with van der Waals surface area (Å²) in [4.78, 5) is 0. The molecule has 0 aliphatic rings. The Bertz CT molecular complexity index is 1780. The van der Waals surface area contributed by atoms with Crippen LogP contribution in [0.1, 0.15) is 151 Å². The Hall–Kier alpha value is -4.70. The molecule has 5 aromatic rings. The molecule has 4 nitrogen and oxygen atoms in total. The topological polar surface area (TPSA) is 80.9 Å². The van der Waals surface area contributed by atoms with E-state index in [1.54, 1.807) is 24.3 Å². The number of aromatic hydroxyl groups is 4. The average Bonchev–Trinajstić information content (AvgIpc) is 3.03. The van der Waals surface area contributed by atoms with Gasteiger partial charge in [-0.3, -0.25) is 0 Å². The van der Waals surface area contributed by atoms with E-state index in [0.29, 0.717) is 0 Å².